The lowest BCUT2D eigenvalue weighted by Crippen LogP contribution is -2.44. The molecule has 0 atom stereocenters. The summed E-state index contributed by atoms with van der Waals surface area (Å²) in [4.78, 5) is 24.5. The Kier molecular flexibility index (Phi) is 5.39. The highest BCUT2D eigenvalue weighted by Gasteiger charge is 2.13. The van der Waals surface area contributed by atoms with Crippen molar-refractivity contribution in [3.05, 3.63) is 77.6 Å². The van der Waals surface area contributed by atoms with Crippen LogP contribution in [0.1, 0.15) is 16.7 Å². The Morgan fingerprint density at radius 1 is 0.933 bits per heavy atom. The maximum Gasteiger partial charge on any atom is 0.257 e. The van der Waals surface area contributed by atoms with Gasteiger partial charge in [0.1, 0.15) is 5.58 Å². The number of hydrogen-bond donors (Lipinski definition) is 3. The second-order valence-electron chi connectivity index (χ2n) is 7.37. The summed E-state index contributed by atoms with van der Waals surface area (Å²) in [7, 11) is 0. The Labute approximate surface area is 174 Å². The van der Waals surface area contributed by atoms with E-state index in [0.717, 1.165) is 44.1 Å². The highest BCUT2D eigenvalue weighted by Crippen LogP contribution is 2.30. The molecule has 2 amide bonds. The lowest BCUT2D eigenvalue weighted by atomic mass is 10.0. The number of amides is 2. The number of anilines is 1. The SMILES string of the molecule is Cc1ccc(NCC(=O)NNC(=O)Cc2coc3ccc4ccccc4c23)c(C)c1. The van der Waals surface area contributed by atoms with Crippen LogP contribution in [-0.4, -0.2) is 18.4 Å². The zero-order chi connectivity index (χ0) is 21.1. The third-order valence-corrected chi connectivity index (χ3v) is 5.05. The molecular weight excluding hydrogens is 378 g/mol. The second kappa shape index (κ2) is 8.29. The van der Waals surface area contributed by atoms with Crippen molar-refractivity contribution in [3.8, 4) is 0 Å². The van der Waals surface area contributed by atoms with Crippen molar-refractivity contribution in [1.82, 2.24) is 10.9 Å². The van der Waals surface area contributed by atoms with Gasteiger partial charge in [-0.3, -0.25) is 20.4 Å². The fourth-order valence-corrected chi connectivity index (χ4v) is 3.59. The molecular formula is C24H23N3O3. The Hall–Kier alpha value is -3.80. The molecule has 0 fully saturated rings. The van der Waals surface area contributed by atoms with Gasteiger partial charge in [-0.15, -0.1) is 0 Å². The van der Waals surface area contributed by atoms with E-state index in [-0.39, 0.29) is 24.8 Å². The molecule has 6 nitrogen and oxygen atoms in total. The minimum absolute atomic E-state index is 0.0590. The van der Waals surface area contributed by atoms with Crippen LogP contribution in [0, 0.1) is 13.8 Å². The molecule has 4 rings (SSSR count). The van der Waals surface area contributed by atoms with Crippen LogP contribution in [0.2, 0.25) is 0 Å². The Morgan fingerprint density at radius 3 is 2.57 bits per heavy atom. The number of benzene rings is 3. The van der Waals surface area contributed by atoms with Gasteiger partial charge in [-0.05, 0) is 42.3 Å². The van der Waals surface area contributed by atoms with Gasteiger partial charge in [0.2, 0.25) is 5.91 Å². The Morgan fingerprint density at radius 2 is 1.73 bits per heavy atom. The summed E-state index contributed by atoms with van der Waals surface area (Å²) in [5, 5.41) is 6.12. The number of aryl methyl sites for hydroxylation is 2. The Bertz CT molecular complexity index is 1240. The highest BCUT2D eigenvalue weighted by atomic mass is 16.3. The summed E-state index contributed by atoms with van der Waals surface area (Å²) in [6.07, 6.45) is 1.70. The lowest BCUT2D eigenvalue weighted by Gasteiger charge is -2.11. The molecule has 30 heavy (non-hydrogen) atoms. The number of rotatable bonds is 5. The maximum atomic E-state index is 12.4. The van der Waals surface area contributed by atoms with Gasteiger partial charge in [-0.1, -0.05) is 48.0 Å². The predicted molar refractivity (Wildman–Crippen MR) is 118 cm³/mol. The van der Waals surface area contributed by atoms with Gasteiger partial charge >= 0.3 is 0 Å². The minimum Gasteiger partial charge on any atom is -0.464 e. The van der Waals surface area contributed by atoms with E-state index in [0.29, 0.717) is 0 Å². The average Bonchev–Trinajstić information content (AvgIpc) is 3.15. The zero-order valence-electron chi connectivity index (χ0n) is 16.9. The third-order valence-electron chi connectivity index (χ3n) is 5.05. The summed E-state index contributed by atoms with van der Waals surface area (Å²) < 4.78 is 5.61. The van der Waals surface area contributed by atoms with Crippen LogP contribution in [0.15, 0.2) is 65.3 Å². The van der Waals surface area contributed by atoms with Gasteiger partial charge in [0.25, 0.3) is 5.91 Å². The van der Waals surface area contributed by atoms with Crippen molar-refractivity contribution in [2.24, 2.45) is 0 Å². The molecule has 1 aromatic heterocycles. The Balaban J connectivity index is 1.36. The van der Waals surface area contributed by atoms with Gasteiger partial charge in [0.05, 0.1) is 19.2 Å². The first-order valence-corrected chi connectivity index (χ1v) is 9.78. The van der Waals surface area contributed by atoms with Crippen molar-refractivity contribution in [2.75, 3.05) is 11.9 Å². The molecule has 3 aromatic carbocycles. The van der Waals surface area contributed by atoms with Gasteiger partial charge in [-0.2, -0.15) is 0 Å². The molecule has 0 bridgehead atoms. The molecule has 0 spiro atoms. The summed E-state index contributed by atoms with van der Waals surface area (Å²) >= 11 is 0. The maximum absolute atomic E-state index is 12.4. The van der Waals surface area contributed by atoms with Crippen LogP contribution in [0.3, 0.4) is 0 Å². The van der Waals surface area contributed by atoms with Crippen molar-refractivity contribution >= 4 is 39.2 Å². The highest BCUT2D eigenvalue weighted by molar-refractivity contribution is 6.08. The van der Waals surface area contributed by atoms with Gasteiger partial charge in [0.15, 0.2) is 0 Å². The second-order valence-corrected chi connectivity index (χ2v) is 7.37. The largest absolute Gasteiger partial charge is 0.464 e. The molecule has 0 radical (unpaired) electrons. The van der Waals surface area contributed by atoms with Crippen LogP contribution >= 0.6 is 0 Å². The molecule has 3 N–H and O–H groups in total. The molecule has 0 aliphatic heterocycles. The summed E-state index contributed by atoms with van der Waals surface area (Å²) in [6, 6.07) is 17.8. The van der Waals surface area contributed by atoms with E-state index in [9.17, 15) is 9.59 Å². The van der Waals surface area contributed by atoms with Crippen molar-refractivity contribution in [2.45, 2.75) is 20.3 Å². The number of carbonyl (C=O) groups excluding carboxylic acids is 2. The number of carbonyl (C=O) groups is 2. The topological polar surface area (TPSA) is 83.4 Å². The summed E-state index contributed by atoms with van der Waals surface area (Å²) in [5.74, 6) is -0.642. The van der Waals surface area contributed by atoms with E-state index in [2.05, 4.69) is 16.2 Å². The van der Waals surface area contributed by atoms with E-state index in [1.807, 2.05) is 68.4 Å². The molecule has 4 aromatic rings. The van der Waals surface area contributed by atoms with Gasteiger partial charge in [0, 0.05) is 16.6 Å². The lowest BCUT2D eigenvalue weighted by molar-refractivity contribution is -0.127. The van der Waals surface area contributed by atoms with Crippen LogP contribution in [0.5, 0.6) is 0 Å². The smallest absolute Gasteiger partial charge is 0.257 e. The van der Waals surface area contributed by atoms with E-state index >= 15 is 0 Å². The van der Waals surface area contributed by atoms with Crippen LogP contribution in [0.4, 0.5) is 5.69 Å². The van der Waals surface area contributed by atoms with E-state index in [1.165, 1.54) is 0 Å². The number of hydrazine groups is 1. The molecule has 6 heteroatoms. The monoisotopic (exact) mass is 401 g/mol. The predicted octanol–water partition coefficient (Wildman–Crippen LogP) is 4.00. The zero-order valence-corrected chi connectivity index (χ0v) is 16.9. The quantitative estimate of drug-likeness (QED) is 0.441. The third kappa shape index (κ3) is 4.12. The number of furan rings is 1. The van der Waals surface area contributed by atoms with E-state index < -0.39 is 0 Å². The number of hydrogen-bond acceptors (Lipinski definition) is 4. The van der Waals surface area contributed by atoms with Crippen molar-refractivity contribution in [3.63, 3.8) is 0 Å². The van der Waals surface area contributed by atoms with Crippen LogP contribution in [0.25, 0.3) is 21.7 Å². The molecule has 152 valence electrons. The first-order valence-electron chi connectivity index (χ1n) is 9.78. The van der Waals surface area contributed by atoms with Gasteiger partial charge in [-0.25, -0.2) is 0 Å². The molecule has 0 aliphatic rings. The van der Waals surface area contributed by atoms with Crippen molar-refractivity contribution in [1.29, 1.82) is 0 Å². The molecule has 0 saturated heterocycles. The van der Waals surface area contributed by atoms with Crippen LogP contribution in [-0.2, 0) is 16.0 Å². The first kappa shape index (κ1) is 19.5. The minimum atomic E-state index is -0.328. The fraction of sp³-hybridized carbons (Fsp3) is 0.167. The fourth-order valence-electron chi connectivity index (χ4n) is 3.59. The van der Waals surface area contributed by atoms with E-state index in [4.69, 9.17) is 4.42 Å². The molecule has 0 aliphatic carbocycles. The molecule has 1 heterocycles. The standard InChI is InChI=1S/C24H23N3O3/c1-15-7-9-20(16(2)11-15)25-13-23(29)27-26-22(28)12-18-14-30-21-10-8-17-5-3-4-6-19(17)24(18)21/h3-11,14,25H,12-13H2,1-2H3,(H,26,28)(H,27,29). The van der Waals surface area contributed by atoms with Crippen molar-refractivity contribution < 1.29 is 14.0 Å². The van der Waals surface area contributed by atoms with Crippen LogP contribution < -0.4 is 16.2 Å². The van der Waals surface area contributed by atoms with E-state index in [1.54, 1.807) is 6.26 Å². The van der Waals surface area contributed by atoms with Gasteiger partial charge < -0.3 is 9.73 Å². The summed E-state index contributed by atoms with van der Waals surface area (Å²) in [6.45, 7) is 4.06. The first-order chi connectivity index (χ1) is 14.5. The normalized spacial score (nSPS) is 10.9. The number of nitrogens with one attached hydrogen (secondary N) is 3. The number of fused-ring (bicyclic) bond motifs is 3. The molecule has 0 saturated carbocycles. The molecule has 0 unspecified atom stereocenters. The summed E-state index contributed by atoms with van der Waals surface area (Å²) in [5.41, 5.74) is 9.55. The average molecular weight is 401 g/mol.